The Hall–Kier alpha value is -1.92. The van der Waals surface area contributed by atoms with E-state index >= 15 is 0 Å². The lowest BCUT2D eigenvalue weighted by molar-refractivity contribution is -0.150. The molecule has 0 radical (unpaired) electrons. The van der Waals surface area contributed by atoms with Gasteiger partial charge in [-0.3, -0.25) is 0 Å². The first kappa shape index (κ1) is 23.7. The van der Waals surface area contributed by atoms with Gasteiger partial charge in [0, 0.05) is 29.9 Å². The van der Waals surface area contributed by atoms with Crippen molar-refractivity contribution in [1.29, 1.82) is 0 Å². The van der Waals surface area contributed by atoms with E-state index in [1.807, 2.05) is 27.7 Å². The van der Waals surface area contributed by atoms with Crippen molar-refractivity contribution in [3.8, 4) is 0 Å². The van der Waals surface area contributed by atoms with Crippen LogP contribution in [-0.2, 0) is 28.5 Å². The molecule has 0 aromatic carbocycles. The lowest BCUT2D eigenvalue weighted by atomic mass is 9.75. The summed E-state index contributed by atoms with van der Waals surface area (Å²) in [5, 5.41) is 0. The van der Waals surface area contributed by atoms with Gasteiger partial charge in [-0.2, -0.15) is 0 Å². The summed E-state index contributed by atoms with van der Waals surface area (Å²) in [4.78, 5) is 25.1. The topological polar surface area (TPSA) is 77.7 Å². The predicted molar refractivity (Wildman–Crippen MR) is 117 cm³/mol. The van der Waals surface area contributed by atoms with E-state index in [1.165, 1.54) is 0 Å². The molecular formula is C25H36O6. The minimum absolute atomic E-state index is 0.00902. The van der Waals surface area contributed by atoms with Crippen LogP contribution >= 0.6 is 0 Å². The van der Waals surface area contributed by atoms with Crippen LogP contribution in [0.25, 0.3) is 0 Å². The molecule has 3 rings (SSSR count). The highest BCUT2D eigenvalue weighted by atomic mass is 16.6. The first-order valence-electron chi connectivity index (χ1n) is 11.1. The maximum absolute atomic E-state index is 12.6. The fourth-order valence-electron chi connectivity index (χ4n) is 4.27. The van der Waals surface area contributed by atoms with Gasteiger partial charge >= 0.3 is 11.9 Å². The van der Waals surface area contributed by atoms with Gasteiger partial charge in [-0.25, -0.2) is 9.59 Å². The average molecular weight is 433 g/mol. The molecule has 31 heavy (non-hydrogen) atoms. The smallest absolute Gasteiger partial charge is 0.333 e. The SMILES string of the molecule is C=C([C@H](C[C@H]1OC1(C)C)OC(=O)C(C)=CC)[C@H]1C[C@H]2O[C@@]2(C)C[C@H]1OC(=O)C(C)=CC. The van der Waals surface area contributed by atoms with Crippen molar-refractivity contribution in [2.24, 2.45) is 5.92 Å². The van der Waals surface area contributed by atoms with Gasteiger partial charge in [0.1, 0.15) is 12.2 Å². The second-order valence-corrected chi connectivity index (χ2v) is 9.77. The van der Waals surface area contributed by atoms with Gasteiger partial charge in [-0.15, -0.1) is 0 Å². The third kappa shape index (κ3) is 5.12. The summed E-state index contributed by atoms with van der Waals surface area (Å²) in [6, 6.07) is 0. The number of hydrogen-bond acceptors (Lipinski definition) is 6. The molecule has 0 spiro atoms. The molecule has 6 atom stereocenters. The standard InChI is InChI=1S/C25H36O6/c1-9-14(3)22(26)28-18(12-20-24(6,7)30-20)16(5)17-11-21-25(8,31-21)13-19(17)29-23(27)15(4)10-2/h9-10,17-21H,5,11-13H2,1-4,6-8H3/t17-,18+,19-,20-,21-,25+/m1/s1. The summed E-state index contributed by atoms with van der Waals surface area (Å²) < 4.78 is 23.4. The molecule has 1 aliphatic carbocycles. The number of esters is 2. The first-order chi connectivity index (χ1) is 14.4. The fourth-order valence-corrected chi connectivity index (χ4v) is 4.27. The molecule has 1 saturated carbocycles. The van der Waals surface area contributed by atoms with Crippen molar-refractivity contribution < 1.29 is 28.5 Å². The molecule has 0 bridgehead atoms. The van der Waals surface area contributed by atoms with Gasteiger partial charge in [0.25, 0.3) is 0 Å². The molecule has 2 aliphatic heterocycles. The summed E-state index contributed by atoms with van der Waals surface area (Å²) in [5.41, 5.74) is 1.37. The Morgan fingerprint density at radius 1 is 1.10 bits per heavy atom. The lowest BCUT2D eigenvalue weighted by Crippen LogP contribution is -2.41. The molecule has 0 aromatic rings. The van der Waals surface area contributed by atoms with E-state index in [4.69, 9.17) is 18.9 Å². The molecule has 2 heterocycles. The van der Waals surface area contributed by atoms with Crippen LogP contribution in [0.1, 0.15) is 67.7 Å². The zero-order valence-corrected chi connectivity index (χ0v) is 19.8. The first-order valence-corrected chi connectivity index (χ1v) is 11.1. The third-order valence-corrected chi connectivity index (χ3v) is 7.06. The molecule has 6 nitrogen and oxygen atoms in total. The summed E-state index contributed by atoms with van der Waals surface area (Å²) in [7, 11) is 0. The number of epoxide rings is 2. The van der Waals surface area contributed by atoms with Crippen LogP contribution in [-0.4, -0.2) is 47.6 Å². The average Bonchev–Trinajstić information content (AvgIpc) is 3.57. The summed E-state index contributed by atoms with van der Waals surface area (Å²) >= 11 is 0. The van der Waals surface area contributed by atoms with Crippen LogP contribution in [0, 0.1) is 5.92 Å². The zero-order valence-electron chi connectivity index (χ0n) is 19.8. The number of allylic oxidation sites excluding steroid dienone is 2. The maximum Gasteiger partial charge on any atom is 0.333 e. The van der Waals surface area contributed by atoms with Crippen LogP contribution in [0.3, 0.4) is 0 Å². The summed E-state index contributed by atoms with van der Waals surface area (Å²) in [6.07, 6.45) is 4.49. The Bertz CT molecular complexity index is 822. The Balaban J connectivity index is 1.80. The lowest BCUT2D eigenvalue weighted by Gasteiger charge is -2.35. The van der Waals surface area contributed by atoms with Crippen LogP contribution in [0.5, 0.6) is 0 Å². The molecule has 0 aromatic heterocycles. The van der Waals surface area contributed by atoms with Crippen molar-refractivity contribution in [3.63, 3.8) is 0 Å². The largest absolute Gasteiger partial charge is 0.458 e. The van der Waals surface area contributed by atoms with Crippen molar-refractivity contribution in [2.45, 2.75) is 103 Å². The van der Waals surface area contributed by atoms with Crippen LogP contribution in [0.15, 0.2) is 35.5 Å². The maximum atomic E-state index is 12.6. The zero-order chi connectivity index (χ0) is 23.1. The highest BCUT2D eigenvalue weighted by Crippen LogP contribution is 2.52. The van der Waals surface area contributed by atoms with Crippen molar-refractivity contribution in [2.75, 3.05) is 0 Å². The molecule has 6 heteroatoms. The number of hydrogen-bond donors (Lipinski definition) is 0. The molecule has 3 fully saturated rings. The molecule has 2 saturated heterocycles. The Kier molecular flexibility index (Phi) is 6.55. The second kappa shape index (κ2) is 8.55. The van der Waals surface area contributed by atoms with Crippen LogP contribution in [0.2, 0.25) is 0 Å². The van der Waals surface area contributed by atoms with E-state index in [0.717, 1.165) is 5.57 Å². The minimum Gasteiger partial charge on any atom is -0.458 e. The minimum atomic E-state index is -0.522. The summed E-state index contributed by atoms with van der Waals surface area (Å²) in [6.45, 7) is 17.5. The van der Waals surface area contributed by atoms with Gasteiger partial charge in [0.15, 0.2) is 0 Å². The molecular weight excluding hydrogens is 396 g/mol. The van der Waals surface area contributed by atoms with E-state index in [1.54, 1.807) is 32.9 Å². The Morgan fingerprint density at radius 3 is 2.23 bits per heavy atom. The van der Waals surface area contributed by atoms with E-state index in [0.29, 0.717) is 30.4 Å². The molecule has 3 aliphatic rings. The van der Waals surface area contributed by atoms with Gasteiger partial charge < -0.3 is 18.9 Å². The number of carbonyl (C=O) groups excluding carboxylic acids is 2. The molecule has 172 valence electrons. The van der Waals surface area contributed by atoms with Gasteiger partial charge in [0.2, 0.25) is 0 Å². The van der Waals surface area contributed by atoms with E-state index < -0.39 is 6.10 Å². The van der Waals surface area contributed by atoms with E-state index in [2.05, 4.69) is 6.58 Å². The summed E-state index contributed by atoms with van der Waals surface area (Å²) in [5.74, 6) is -0.855. The van der Waals surface area contributed by atoms with E-state index in [9.17, 15) is 9.59 Å². The van der Waals surface area contributed by atoms with Crippen molar-refractivity contribution in [1.82, 2.24) is 0 Å². The normalized spacial score (nSPS) is 34.9. The quantitative estimate of drug-likeness (QED) is 0.244. The number of rotatable bonds is 8. The fraction of sp³-hybridized carbons (Fsp3) is 0.680. The van der Waals surface area contributed by atoms with Gasteiger partial charge in [0.05, 0.1) is 23.4 Å². The third-order valence-electron chi connectivity index (χ3n) is 7.06. The highest BCUT2D eigenvalue weighted by molar-refractivity contribution is 5.88. The van der Waals surface area contributed by atoms with E-state index in [-0.39, 0.29) is 47.4 Å². The van der Waals surface area contributed by atoms with Gasteiger partial charge in [-0.05, 0) is 60.5 Å². The van der Waals surface area contributed by atoms with Crippen molar-refractivity contribution in [3.05, 3.63) is 35.5 Å². The number of carbonyl (C=O) groups is 2. The molecule has 0 amide bonds. The molecule has 0 N–H and O–H groups in total. The Labute approximate surface area is 185 Å². The van der Waals surface area contributed by atoms with Crippen LogP contribution in [0.4, 0.5) is 0 Å². The Morgan fingerprint density at radius 2 is 1.68 bits per heavy atom. The van der Waals surface area contributed by atoms with Crippen molar-refractivity contribution >= 4 is 11.9 Å². The number of ether oxygens (including phenoxy) is 4. The molecule has 0 unspecified atom stereocenters. The van der Waals surface area contributed by atoms with Crippen LogP contribution < -0.4 is 0 Å². The second-order valence-electron chi connectivity index (χ2n) is 9.77. The predicted octanol–water partition coefficient (Wildman–Crippen LogP) is 4.43. The number of fused-ring (bicyclic) bond motifs is 1. The highest BCUT2D eigenvalue weighted by Gasteiger charge is 2.60. The van der Waals surface area contributed by atoms with Gasteiger partial charge in [-0.1, -0.05) is 18.7 Å². The monoisotopic (exact) mass is 432 g/mol.